The van der Waals surface area contributed by atoms with Crippen molar-refractivity contribution in [2.45, 2.75) is 89.5 Å². The van der Waals surface area contributed by atoms with Gasteiger partial charge in [-0.15, -0.1) is 6.42 Å². The Morgan fingerprint density at radius 3 is 1.88 bits per heavy atom. The van der Waals surface area contributed by atoms with E-state index in [4.69, 9.17) is 9.47 Å². The molecule has 4 rings (SSSR count). The lowest BCUT2D eigenvalue weighted by Crippen LogP contribution is -2.36. The van der Waals surface area contributed by atoms with Crippen molar-refractivity contribution < 1.29 is 42.4 Å². The summed E-state index contributed by atoms with van der Waals surface area (Å²) in [7, 11) is 0. The summed E-state index contributed by atoms with van der Waals surface area (Å²) < 4.78 is 48.0. The van der Waals surface area contributed by atoms with E-state index in [1.54, 1.807) is 0 Å². The third-order valence-electron chi connectivity index (χ3n) is 6.98. The van der Waals surface area contributed by atoms with Crippen molar-refractivity contribution >= 4 is 34.4 Å². The number of hydrogen-bond acceptors (Lipinski definition) is 10. The summed E-state index contributed by atoms with van der Waals surface area (Å²) in [5, 5.41) is 23.6. The van der Waals surface area contributed by atoms with E-state index in [1.165, 1.54) is 33.8 Å². The number of rotatable bonds is 6. The van der Waals surface area contributed by atoms with E-state index in [0.717, 1.165) is 0 Å². The summed E-state index contributed by atoms with van der Waals surface area (Å²) in [5.41, 5.74) is -2.04. The molecule has 0 spiro atoms. The molecular formula is C30H36F3IN6O10. The number of aromatic nitrogens is 4. The molecule has 16 nitrogen and oxygen atoms in total. The number of amides is 2. The summed E-state index contributed by atoms with van der Waals surface area (Å²) in [6.07, 6.45) is 1.50. The zero-order chi connectivity index (χ0) is 37.8. The van der Waals surface area contributed by atoms with E-state index < -0.39 is 65.8 Å². The van der Waals surface area contributed by atoms with E-state index in [9.17, 15) is 52.2 Å². The number of carbonyl (C=O) groups excluding carboxylic acids is 2. The van der Waals surface area contributed by atoms with Gasteiger partial charge in [0, 0.05) is 32.2 Å². The smallest absolute Gasteiger partial charge is 0.390 e. The molecule has 50 heavy (non-hydrogen) atoms. The molecule has 0 aliphatic carbocycles. The van der Waals surface area contributed by atoms with Gasteiger partial charge in [-0.1, -0.05) is 31.6 Å². The molecule has 2 aromatic rings. The minimum atomic E-state index is -4.84. The molecule has 2 amide bonds. The fraction of sp³-hybridized carbons (Fsp3) is 0.533. The second kappa shape index (κ2) is 19.2. The third-order valence-corrected chi connectivity index (χ3v) is 7.75. The highest BCUT2D eigenvalue weighted by molar-refractivity contribution is 14.1. The Morgan fingerprint density at radius 1 is 0.940 bits per heavy atom. The van der Waals surface area contributed by atoms with Crippen LogP contribution in [0.5, 0.6) is 0 Å². The Hall–Kier alpha value is -4.22. The van der Waals surface area contributed by atoms with Gasteiger partial charge in [-0.25, -0.2) is 9.59 Å². The van der Waals surface area contributed by atoms with Crippen molar-refractivity contribution in [1.82, 2.24) is 29.7 Å². The molecule has 2 aromatic heterocycles. The predicted octanol–water partition coefficient (Wildman–Crippen LogP) is -0.420. The molecule has 6 N–H and O–H groups in total. The third kappa shape index (κ3) is 12.3. The van der Waals surface area contributed by atoms with Crippen molar-refractivity contribution in [3.05, 3.63) is 63.2 Å². The summed E-state index contributed by atoms with van der Waals surface area (Å²) in [6, 6.07) is 0. The number of ether oxygens (including phenoxy) is 2. The number of H-pyrrole nitrogens is 2. The molecule has 2 unspecified atom stereocenters. The van der Waals surface area contributed by atoms with Crippen LogP contribution in [0.2, 0.25) is 0 Å². The number of nitrogens with zero attached hydrogens (tertiary/aromatic N) is 2. The maximum Gasteiger partial charge on any atom is 0.471 e. The molecule has 0 aromatic carbocycles. The lowest BCUT2D eigenvalue weighted by molar-refractivity contribution is -0.173. The van der Waals surface area contributed by atoms with Gasteiger partial charge in [0.25, 0.3) is 11.1 Å². The van der Waals surface area contributed by atoms with Crippen LogP contribution in [0.1, 0.15) is 64.5 Å². The van der Waals surface area contributed by atoms with Crippen molar-refractivity contribution in [3.8, 4) is 24.2 Å². The average molecular weight is 825 g/mol. The van der Waals surface area contributed by atoms with Gasteiger partial charge in [-0.05, 0) is 35.4 Å². The minimum Gasteiger partial charge on any atom is -0.390 e. The first-order chi connectivity index (χ1) is 23.4. The second-order valence-corrected chi connectivity index (χ2v) is 11.8. The van der Waals surface area contributed by atoms with Crippen molar-refractivity contribution in [2.24, 2.45) is 0 Å². The maximum absolute atomic E-state index is 11.9. The standard InChI is InChI=1S/C15H19N3O5.C10H13IN2O4.C5H4F3NO/c1-3-12-11(20)7-13(23-12)18-8-10(14(21)17-15(18)22)5-4-6-16-9(2)19;1-2-7-6(14)3-8(17-7)13-4-5(11)9(15)12-10(13)16;1-2-3-9-4(10)5(6,7)8/h8,11-13,20H,3,6-7H2,1-2H3,(H,16,19)(H,17,21,22);4,6-8,14H,2-3H2,1H3,(H,12,15,16);1H,3H2,(H,9,10)/t11?,12-,13-;6?,7-,8-;/m11./s1. The van der Waals surface area contributed by atoms with Crippen LogP contribution in [0.4, 0.5) is 13.2 Å². The molecule has 6 atom stereocenters. The second-order valence-electron chi connectivity index (χ2n) is 10.6. The summed E-state index contributed by atoms with van der Waals surface area (Å²) in [6.45, 7) is 4.85. The molecule has 2 saturated heterocycles. The van der Waals surface area contributed by atoms with Crippen LogP contribution in [-0.4, -0.2) is 84.8 Å². The fourth-order valence-electron chi connectivity index (χ4n) is 4.51. The Kier molecular flexibility index (Phi) is 16.1. The molecule has 2 aliphatic heterocycles. The highest BCUT2D eigenvalue weighted by Gasteiger charge is 2.38. The van der Waals surface area contributed by atoms with Crippen LogP contribution in [0.3, 0.4) is 0 Å². The molecule has 274 valence electrons. The SMILES string of the molecule is C#CCNC(=O)C(F)(F)F.CC[C@H]1O[C@@H](n2cc(C#CCNC(C)=O)c(=O)[nH]c2=O)CC1O.CC[C@H]1O[C@@H](n2cc(I)c(=O)[nH]c2=O)CC1O. The lowest BCUT2D eigenvalue weighted by atomic mass is 10.1. The Balaban J connectivity index is 0.000000282. The van der Waals surface area contributed by atoms with Gasteiger partial charge < -0.3 is 30.3 Å². The zero-order valence-corrected chi connectivity index (χ0v) is 29.2. The van der Waals surface area contributed by atoms with E-state index in [-0.39, 0.29) is 36.6 Å². The van der Waals surface area contributed by atoms with Crippen LogP contribution < -0.4 is 33.1 Å². The number of terminal acetylenes is 1. The van der Waals surface area contributed by atoms with Crippen LogP contribution in [0.15, 0.2) is 31.6 Å². The molecule has 2 fully saturated rings. The molecule has 2 aliphatic rings. The molecule has 20 heteroatoms. The highest BCUT2D eigenvalue weighted by atomic mass is 127. The highest BCUT2D eigenvalue weighted by Crippen LogP contribution is 2.30. The van der Waals surface area contributed by atoms with Gasteiger partial charge in [-0.3, -0.25) is 38.3 Å². The zero-order valence-electron chi connectivity index (χ0n) is 27.0. The number of halogens is 4. The van der Waals surface area contributed by atoms with E-state index in [0.29, 0.717) is 22.8 Å². The first-order valence-electron chi connectivity index (χ1n) is 15.0. The number of aromatic amines is 2. The minimum absolute atomic E-state index is 0.0907. The molecule has 0 bridgehead atoms. The van der Waals surface area contributed by atoms with Gasteiger partial charge >= 0.3 is 23.5 Å². The number of hydrogen-bond donors (Lipinski definition) is 6. The van der Waals surface area contributed by atoms with Gasteiger partial charge in [0.05, 0.1) is 41.1 Å². The molecular weight excluding hydrogens is 788 g/mol. The number of aliphatic hydroxyl groups excluding tert-OH is 2. The summed E-state index contributed by atoms with van der Waals surface area (Å²) >= 11 is 1.85. The largest absolute Gasteiger partial charge is 0.471 e. The van der Waals surface area contributed by atoms with Crippen molar-refractivity contribution in [3.63, 3.8) is 0 Å². The predicted molar refractivity (Wildman–Crippen MR) is 178 cm³/mol. The lowest BCUT2D eigenvalue weighted by Gasteiger charge is -2.14. The van der Waals surface area contributed by atoms with Crippen LogP contribution >= 0.6 is 22.6 Å². The number of nitrogens with one attached hydrogen (secondary N) is 4. The summed E-state index contributed by atoms with van der Waals surface area (Å²) in [4.78, 5) is 71.6. The normalized spacial score (nSPS) is 22.4. The maximum atomic E-state index is 11.9. The van der Waals surface area contributed by atoms with Crippen LogP contribution in [0, 0.1) is 27.8 Å². The Labute approximate surface area is 295 Å². The number of alkyl halides is 3. The topological polar surface area (TPSA) is 227 Å². The molecule has 0 radical (unpaired) electrons. The average Bonchev–Trinajstić information content (AvgIpc) is 3.61. The van der Waals surface area contributed by atoms with Gasteiger partial charge in [0.15, 0.2) is 0 Å². The van der Waals surface area contributed by atoms with Gasteiger partial charge in [-0.2, -0.15) is 13.2 Å². The number of carbonyl (C=O) groups is 2. The fourth-order valence-corrected chi connectivity index (χ4v) is 4.95. The van der Waals surface area contributed by atoms with Crippen molar-refractivity contribution in [1.29, 1.82) is 0 Å². The van der Waals surface area contributed by atoms with Crippen molar-refractivity contribution in [2.75, 3.05) is 13.1 Å². The number of aliphatic hydroxyl groups is 2. The van der Waals surface area contributed by atoms with E-state index in [1.807, 2.05) is 42.4 Å². The van der Waals surface area contributed by atoms with E-state index >= 15 is 0 Å². The first kappa shape index (κ1) is 41.9. The van der Waals surface area contributed by atoms with Crippen LogP contribution in [0.25, 0.3) is 0 Å². The van der Waals surface area contributed by atoms with Gasteiger partial charge in [0.2, 0.25) is 5.91 Å². The Morgan fingerprint density at radius 2 is 1.44 bits per heavy atom. The monoisotopic (exact) mass is 824 g/mol. The molecule has 0 saturated carbocycles. The van der Waals surface area contributed by atoms with E-state index in [2.05, 4.69) is 33.5 Å². The summed E-state index contributed by atoms with van der Waals surface area (Å²) in [5.74, 6) is 4.85. The Bertz CT molecular complexity index is 1840. The van der Waals surface area contributed by atoms with Crippen LogP contribution in [-0.2, 0) is 19.1 Å². The quantitative estimate of drug-likeness (QED) is 0.163. The molecule has 4 heterocycles. The van der Waals surface area contributed by atoms with Gasteiger partial charge in [0.1, 0.15) is 18.0 Å². The first-order valence-corrected chi connectivity index (χ1v) is 16.1.